The van der Waals surface area contributed by atoms with Gasteiger partial charge in [0.1, 0.15) is 22.7 Å². The molecule has 2 aromatic carbocycles. The van der Waals surface area contributed by atoms with Crippen LogP contribution in [0.4, 0.5) is 0 Å². The molecule has 0 bridgehead atoms. The van der Waals surface area contributed by atoms with Gasteiger partial charge >= 0.3 is 0 Å². The number of carbonyl (C=O) groups excluding carboxylic acids is 2. The highest BCUT2D eigenvalue weighted by Gasteiger charge is 2.32. The Hall–Kier alpha value is -3.68. The van der Waals surface area contributed by atoms with E-state index in [0.29, 0.717) is 41.8 Å². The zero-order valence-corrected chi connectivity index (χ0v) is 17.8. The van der Waals surface area contributed by atoms with Crippen LogP contribution >= 0.6 is 0 Å². The van der Waals surface area contributed by atoms with E-state index in [1.54, 1.807) is 0 Å². The third-order valence-electron chi connectivity index (χ3n) is 5.90. The number of rotatable bonds is 2. The summed E-state index contributed by atoms with van der Waals surface area (Å²) < 4.78 is 0. The molecule has 2 aromatic heterocycles. The first kappa shape index (κ1) is 19.3. The molecule has 3 heterocycles. The van der Waals surface area contributed by atoms with Crippen molar-refractivity contribution in [2.75, 3.05) is 19.6 Å². The van der Waals surface area contributed by atoms with Crippen molar-refractivity contribution in [2.45, 2.75) is 26.8 Å². The summed E-state index contributed by atoms with van der Waals surface area (Å²) in [5.41, 5.74) is 4.27. The largest absolute Gasteiger partial charge is 0.342 e. The van der Waals surface area contributed by atoms with E-state index in [1.165, 1.54) is 0 Å². The normalized spacial score (nSPS) is 16.9. The van der Waals surface area contributed by atoms with Crippen LogP contribution in [-0.4, -0.2) is 67.2 Å². The van der Waals surface area contributed by atoms with Crippen LogP contribution in [0.1, 0.15) is 39.3 Å². The Kier molecular flexibility index (Phi) is 4.50. The number of hydrogen-bond acceptors (Lipinski definition) is 4. The lowest BCUT2D eigenvalue weighted by Gasteiger charge is -2.40. The van der Waals surface area contributed by atoms with Crippen LogP contribution in [0.5, 0.6) is 0 Å². The van der Waals surface area contributed by atoms with Crippen molar-refractivity contribution in [3.8, 4) is 0 Å². The molecule has 5 rings (SSSR count). The number of para-hydroxylation sites is 2. The van der Waals surface area contributed by atoms with Gasteiger partial charge in [-0.25, -0.2) is 9.97 Å². The second-order valence-corrected chi connectivity index (χ2v) is 8.15. The first-order chi connectivity index (χ1) is 14.9. The van der Waals surface area contributed by atoms with E-state index in [-0.39, 0.29) is 17.9 Å². The molecule has 0 spiro atoms. The smallest absolute Gasteiger partial charge is 0.256 e. The number of nitrogens with one attached hydrogen (secondary N) is 2. The van der Waals surface area contributed by atoms with Crippen LogP contribution in [0.2, 0.25) is 0 Å². The van der Waals surface area contributed by atoms with E-state index in [1.807, 2.05) is 67.0 Å². The maximum absolute atomic E-state index is 13.3. The number of hydrogen-bond donors (Lipinski definition) is 2. The lowest BCUT2D eigenvalue weighted by atomic mass is 10.1. The second kappa shape index (κ2) is 7.23. The summed E-state index contributed by atoms with van der Waals surface area (Å²) in [6.45, 7) is 7.16. The molecule has 8 nitrogen and oxygen atoms in total. The van der Waals surface area contributed by atoms with Crippen LogP contribution in [-0.2, 0) is 0 Å². The summed E-state index contributed by atoms with van der Waals surface area (Å²) in [7, 11) is 0. The SMILES string of the molecule is Cc1nc2c(C(=O)N3CCN(C(=O)c4cccc5[nH]c(C)nc45)[C@@H](C)C3)cccc2[nH]1. The second-order valence-electron chi connectivity index (χ2n) is 8.15. The topological polar surface area (TPSA) is 98.0 Å². The molecule has 8 heteroatoms. The number of aromatic nitrogens is 4. The summed E-state index contributed by atoms with van der Waals surface area (Å²) in [5.74, 6) is 1.45. The van der Waals surface area contributed by atoms with E-state index in [0.717, 1.165) is 22.7 Å². The maximum atomic E-state index is 13.3. The fraction of sp³-hybridized carbons (Fsp3) is 0.304. The molecule has 1 fully saturated rings. The van der Waals surface area contributed by atoms with Gasteiger partial charge in [0.25, 0.3) is 11.8 Å². The van der Waals surface area contributed by atoms with Crippen LogP contribution in [0.15, 0.2) is 36.4 Å². The van der Waals surface area contributed by atoms with Crippen LogP contribution in [0.25, 0.3) is 22.1 Å². The lowest BCUT2D eigenvalue weighted by molar-refractivity contribution is 0.0416. The number of H-pyrrole nitrogens is 2. The first-order valence-corrected chi connectivity index (χ1v) is 10.4. The third-order valence-corrected chi connectivity index (χ3v) is 5.90. The standard InChI is InChI=1S/C23H24N6O2/c1-13-12-28(22(30)16-6-4-8-18-20(16)26-14(2)24-18)10-11-29(13)23(31)17-7-5-9-19-21(17)27-15(3)25-19/h4-9,13H,10-12H2,1-3H3,(H,24,26)(H,25,27)/t13-/m0/s1. The fourth-order valence-corrected chi connectivity index (χ4v) is 4.42. The number of amides is 2. The molecule has 2 N–H and O–H groups in total. The predicted molar refractivity (Wildman–Crippen MR) is 118 cm³/mol. The monoisotopic (exact) mass is 416 g/mol. The zero-order valence-electron chi connectivity index (χ0n) is 17.8. The Morgan fingerprint density at radius 2 is 1.42 bits per heavy atom. The molecule has 1 atom stereocenters. The fourth-order valence-electron chi connectivity index (χ4n) is 4.42. The van der Waals surface area contributed by atoms with Gasteiger partial charge in [0.15, 0.2) is 0 Å². The molecular formula is C23H24N6O2. The van der Waals surface area contributed by atoms with Gasteiger partial charge in [0.05, 0.1) is 22.2 Å². The molecule has 1 saturated heterocycles. The van der Waals surface area contributed by atoms with Crippen molar-refractivity contribution in [1.82, 2.24) is 29.7 Å². The molecule has 0 saturated carbocycles. The minimum Gasteiger partial charge on any atom is -0.342 e. The van der Waals surface area contributed by atoms with Gasteiger partial charge < -0.3 is 19.8 Å². The first-order valence-electron chi connectivity index (χ1n) is 10.4. The third kappa shape index (κ3) is 3.24. The van der Waals surface area contributed by atoms with Crippen molar-refractivity contribution < 1.29 is 9.59 Å². The molecule has 0 radical (unpaired) electrons. The quantitative estimate of drug-likeness (QED) is 0.525. The molecule has 0 unspecified atom stereocenters. The summed E-state index contributed by atoms with van der Waals surface area (Å²) in [6.07, 6.45) is 0. The van der Waals surface area contributed by atoms with Gasteiger partial charge in [0, 0.05) is 25.7 Å². The van der Waals surface area contributed by atoms with E-state index < -0.39 is 0 Å². The summed E-state index contributed by atoms with van der Waals surface area (Å²) in [4.78, 5) is 45.5. The number of carbonyl (C=O) groups is 2. The van der Waals surface area contributed by atoms with Crippen molar-refractivity contribution in [3.05, 3.63) is 59.2 Å². The van der Waals surface area contributed by atoms with Crippen molar-refractivity contribution in [1.29, 1.82) is 0 Å². The highest BCUT2D eigenvalue weighted by atomic mass is 16.2. The number of fused-ring (bicyclic) bond motifs is 2. The number of nitrogens with zero attached hydrogens (tertiary/aromatic N) is 4. The average Bonchev–Trinajstić information content (AvgIpc) is 3.32. The Morgan fingerprint density at radius 3 is 1.97 bits per heavy atom. The van der Waals surface area contributed by atoms with E-state index in [9.17, 15) is 9.59 Å². The summed E-state index contributed by atoms with van der Waals surface area (Å²) >= 11 is 0. The van der Waals surface area contributed by atoms with Gasteiger partial charge in [-0.2, -0.15) is 0 Å². The van der Waals surface area contributed by atoms with E-state index in [2.05, 4.69) is 19.9 Å². The highest BCUT2D eigenvalue weighted by molar-refractivity contribution is 6.06. The minimum atomic E-state index is -0.111. The summed E-state index contributed by atoms with van der Waals surface area (Å²) in [6, 6.07) is 11.1. The minimum absolute atomic E-state index is 0.0540. The molecule has 1 aliphatic rings. The van der Waals surface area contributed by atoms with Gasteiger partial charge in [-0.15, -0.1) is 0 Å². The Bertz CT molecular complexity index is 1320. The lowest BCUT2D eigenvalue weighted by Crippen LogP contribution is -2.55. The Balaban J connectivity index is 1.37. The number of piperazine rings is 1. The molecule has 1 aliphatic heterocycles. The molecule has 31 heavy (non-hydrogen) atoms. The number of aryl methyl sites for hydroxylation is 2. The van der Waals surface area contributed by atoms with Crippen LogP contribution < -0.4 is 0 Å². The van der Waals surface area contributed by atoms with Crippen LogP contribution in [0, 0.1) is 13.8 Å². The van der Waals surface area contributed by atoms with Gasteiger partial charge in [-0.05, 0) is 45.0 Å². The average molecular weight is 416 g/mol. The zero-order chi connectivity index (χ0) is 21.7. The van der Waals surface area contributed by atoms with Gasteiger partial charge in [0.2, 0.25) is 0 Å². The van der Waals surface area contributed by atoms with Crippen molar-refractivity contribution in [3.63, 3.8) is 0 Å². The molecule has 4 aromatic rings. The number of aromatic amines is 2. The van der Waals surface area contributed by atoms with Crippen molar-refractivity contribution in [2.24, 2.45) is 0 Å². The Labute approximate surface area is 179 Å². The predicted octanol–water partition coefficient (Wildman–Crippen LogP) is 3.04. The number of imidazole rings is 2. The maximum Gasteiger partial charge on any atom is 0.256 e. The highest BCUT2D eigenvalue weighted by Crippen LogP contribution is 2.23. The molecule has 2 amide bonds. The Morgan fingerprint density at radius 1 is 0.871 bits per heavy atom. The molecule has 0 aliphatic carbocycles. The van der Waals surface area contributed by atoms with Crippen LogP contribution in [0.3, 0.4) is 0 Å². The van der Waals surface area contributed by atoms with Gasteiger partial charge in [-0.1, -0.05) is 12.1 Å². The molecular weight excluding hydrogens is 392 g/mol. The summed E-state index contributed by atoms with van der Waals surface area (Å²) in [5, 5.41) is 0. The number of benzene rings is 2. The molecule has 158 valence electrons. The van der Waals surface area contributed by atoms with Crippen molar-refractivity contribution >= 4 is 33.9 Å². The van der Waals surface area contributed by atoms with E-state index in [4.69, 9.17) is 0 Å². The van der Waals surface area contributed by atoms with E-state index >= 15 is 0 Å². The van der Waals surface area contributed by atoms with Gasteiger partial charge in [-0.3, -0.25) is 9.59 Å².